The maximum absolute atomic E-state index is 13.0. The lowest BCUT2D eigenvalue weighted by molar-refractivity contribution is -0.384. The number of aryl methyl sites for hydroxylation is 1. The maximum Gasteiger partial charge on any atom is 0.416 e. The van der Waals surface area contributed by atoms with Gasteiger partial charge in [-0.3, -0.25) is 10.1 Å². The van der Waals surface area contributed by atoms with Crippen LogP contribution < -0.4 is 0 Å². The molecule has 0 aliphatic heterocycles. The number of nitro benzene ring substituents is 1. The molecule has 8 heteroatoms. The van der Waals surface area contributed by atoms with Crippen LogP contribution in [0.2, 0.25) is 0 Å². The van der Waals surface area contributed by atoms with Crippen molar-refractivity contribution in [2.45, 2.75) is 20.0 Å². The van der Waals surface area contributed by atoms with Gasteiger partial charge in [-0.15, -0.1) is 0 Å². The largest absolute Gasteiger partial charge is 0.416 e. The molecule has 1 aromatic heterocycles. The molecule has 0 saturated heterocycles. The summed E-state index contributed by atoms with van der Waals surface area (Å²) in [7, 11) is 0. The summed E-state index contributed by atoms with van der Waals surface area (Å²) >= 11 is 0. The van der Waals surface area contributed by atoms with Crippen molar-refractivity contribution in [2.75, 3.05) is 0 Å². The standard InChI is InChI=1S/C22H16F3N3O2/c1-14-9-17(15(2)27(14)20-7-4-8-21(12-20)28(29)30)10-18(13-26)16-5-3-6-19(11-16)22(23,24)25/h3-12H,1-2H3/b18-10-. The van der Waals surface area contributed by atoms with Crippen molar-refractivity contribution in [3.8, 4) is 11.8 Å². The lowest BCUT2D eigenvalue weighted by Gasteiger charge is -2.10. The molecule has 2 aromatic carbocycles. The zero-order valence-corrected chi connectivity index (χ0v) is 16.1. The third-order valence-corrected chi connectivity index (χ3v) is 4.69. The maximum atomic E-state index is 13.0. The quantitative estimate of drug-likeness (QED) is 0.296. The number of halogens is 3. The van der Waals surface area contributed by atoms with Crippen molar-refractivity contribution in [3.63, 3.8) is 0 Å². The topological polar surface area (TPSA) is 71.9 Å². The lowest BCUT2D eigenvalue weighted by atomic mass is 10.0. The Kier molecular flexibility index (Phi) is 5.47. The average molecular weight is 411 g/mol. The molecule has 0 radical (unpaired) electrons. The summed E-state index contributed by atoms with van der Waals surface area (Å²) in [4.78, 5) is 10.6. The van der Waals surface area contributed by atoms with E-state index in [4.69, 9.17) is 0 Å². The average Bonchev–Trinajstić information content (AvgIpc) is 2.98. The van der Waals surface area contributed by atoms with Gasteiger partial charge in [-0.25, -0.2) is 0 Å². The van der Waals surface area contributed by atoms with Crippen LogP contribution in [0.1, 0.15) is 28.1 Å². The molecule has 0 N–H and O–H groups in total. The minimum Gasteiger partial charge on any atom is -0.318 e. The molecule has 3 rings (SSSR count). The van der Waals surface area contributed by atoms with Crippen LogP contribution in [0, 0.1) is 35.3 Å². The number of aromatic nitrogens is 1. The molecule has 0 unspecified atom stereocenters. The monoisotopic (exact) mass is 411 g/mol. The fraction of sp³-hybridized carbons (Fsp3) is 0.136. The fourth-order valence-electron chi connectivity index (χ4n) is 3.28. The molecule has 0 spiro atoms. The van der Waals surface area contributed by atoms with E-state index < -0.39 is 16.7 Å². The third-order valence-electron chi connectivity index (χ3n) is 4.69. The molecule has 0 fully saturated rings. The second-order valence-corrected chi connectivity index (χ2v) is 6.69. The lowest BCUT2D eigenvalue weighted by Crippen LogP contribution is -2.04. The first-order valence-corrected chi connectivity index (χ1v) is 8.85. The Morgan fingerprint density at radius 2 is 1.83 bits per heavy atom. The van der Waals surface area contributed by atoms with Crippen molar-refractivity contribution >= 4 is 17.3 Å². The van der Waals surface area contributed by atoms with Gasteiger partial charge in [-0.1, -0.05) is 18.2 Å². The van der Waals surface area contributed by atoms with Gasteiger partial charge < -0.3 is 4.57 Å². The van der Waals surface area contributed by atoms with Gasteiger partial charge in [-0.2, -0.15) is 18.4 Å². The van der Waals surface area contributed by atoms with Crippen LogP contribution >= 0.6 is 0 Å². The highest BCUT2D eigenvalue weighted by Crippen LogP contribution is 2.32. The van der Waals surface area contributed by atoms with Crippen LogP contribution in [-0.2, 0) is 6.18 Å². The van der Waals surface area contributed by atoms with E-state index in [1.54, 1.807) is 36.6 Å². The molecular weight excluding hydrogens is 395 g/mol. The Bertz CT molecular complexity index is 1200. The van der Waals surface area contributed by atoms with Gasteiger partial charge in [0.15, 0.2) is 0 Å². The number of hydrogen-bond acceptors (Lipinski definition) is 3. The predicted octanol–water partition coefficient (Wildman–Crippen LogP) is 6.09. The van der Waals surface area contributed by atoms with E-state index >= 15 is 0 Å². The Labute approximate surface area is 170 Å². The van der Waals surface area contributed by atoms with E-state index in [2.05, 4.69) is 0 Å². The van der Waals surface area contributed by atoms with E-state index in [0.717, 1.165) is 17.8 Å². The van der Waals surface area contributed by atoms with Crippen LogP contribution in [0.4, 0.5) is 18.9 Å². The number of nitrogens with zero attached hydrogens (tertiary/aromatic N) is 3. The number of hydrogen-bond donors (Lipinski definition) is 0. The molecule has 0 atom stereocenters. The molecule has 0 aliphatic rings. The molecule has 0 amide bonds. The normalized spacial score (nSPS) is 11.9. The Morgan fingerprint density at radius 3 is 2.47 bits per heavy atom. The van der Waals surface area contributed by atoms with Crippen LogP contribution in [0.25, 0.3) is 17.3 Å². The van der Waals surface area contributed by atoms with Gasteiger partial charge >= 0.3 is 6.18 Å². The predicted molar refractivity (Wildman–Crippen MR) is 107 cm³/mol. The van der Waals surface area contributed by atoms with Crippen molar-refractivity contribution in [3.05, 3.63) is 92.8 Å². The van der Waals surface area contributed by atoms with Gasteiger partial charge in [0.1, 0.15) is 0 Å². The molecule has 30 heavy (non-hydrogen) atoms. The van der Waals surface area contributed by atoms with Gasteiger partial charge in [0.05, 0.1) is 27.8 Å². The molecule has 3 aromatic rings. The van der Waals surface area contributed by atoms with Crippen molar-refractivity contribution < 1.29 is 18.1 Å². The zero-order chi connectivity index (χ0) is 22.1. The van der Waals surface area contributed by atoms with Crippen LogP contribution in [-0.4, -0.2) is 9.49 Å². The molecule has 0 saturated carbocycles. The van der Waals surface area contributed by atoms with E-state index in [9.17, 15) is 28.5 Å². The first-order valence-electron chi connectivity index (χ1n) is 8.85. The summed E-state index contributed by atoms with van der Waals surface area (Å²) in [6.07, 6.45) is -2.99. The smallest absolute Gasteiger partial charge is 0.318 e. The van der Waals surface area contributed by atoms with Gasteiger partial charge in [0.25, 0.3) is 5.69 Å². The summed E-state index contributed by atoms with van der Waals surface area (Å²) < 4.78 is 40.8. The highest BCUT2D eigenvalue weighted by atomic mass is 19.4. The van der Waals surface area contributed by atoms with Crippen molar-refractivity contribution in [2.24, 2.45) is 0 Å². The minimum absolute atomic E-state index is 0.0567. The number of benzene rings is 2. The van der Waals surface area contributed by atoms with Crippen LogP contribution in [0.15, 0.2) is 54.6 Å². The zero-order valence-electron chi connectivity index (χ0n) is 16.1. The number of nitro groups is 1. The molecular formula is C22H16F3N3O2. The third kappa shape index (κ3) is 4.10. The first kappa shape index (κ1) is 20.9. The SMILES string of the molecule is Cc1cc(/C=C(/C#N)c2cccc(C(F)(F)F)c2)c(C)n1-c1cccc([N+](=O)[O-])c1. The second kappa shape index (κ2) is 7.87. The number of alkyl halides is 3. The van der Waals surface area contributed by atoms with E-state index in [1.165, 1.54) is 30.3 Å². The van der Waals surface area contributed by atoms with E-state index in [-0.39, 0.29) is 16.8 Å². The van der Waals surface area contributed by atoms with Crippen molar-refractivity contribution in [1.29, 1.82) is 5.26 Å². The number of nitriles is 1. The summed E-state index contributed by atoms with van der Waals surface area (Å²) in [6.45, 7) is 3.58. The Morgan fingerprint density at radius 1 is 1.13 bits per heavy atom. The molecule has 0 aliphatic carbocycles. The van der Waals surface area contributed by atoms with E-state index in [1.807, 2.05) is 6.07 Å². The first-order chi connectivity index (χ1) is 14.1. The Hall–Kier alpha value is -3.86. The fourth-order valence-corrected chi connectivity index (χ4v) is 3.28. The Balaban J connectivity index is 2.08. The van der Waals surface area contributed by atoms with Crippen LogP contribution in [0.3, 0.4) is 0 Å². The molecule has 0 bridgehead atoms. The number of non-ortho nitro benzene ring substituents is 1. The summed E-state index contributed by atoms with van der Waals surface area (Å²) in [5.74, 6) is 0. The van der Waals surface area contributed by atoms with Gasteiger partial charge in [0, 0.05) is 23.5 Å². The van der Waals surface area contributed by atoms with Gasteiger partial charge in [0.2, 0.25) is 0 Å². The summed E-state index contributed by atoms with van der Waals surface area (Å²) in [5.41, 5.74) is 2.03. The van der Waals surface area contributed by atoms with Crippen LogP contribution in [0.5, 0.6) is 0 Å². The van der Waals surface area contributed by atoms with Crippen molar-refractivity contribution in [1.82, 2.24) is 4.57 Å². The molecule has 152 valence electrons. The van der Waals surface area contributed by atoms with Gasteiger partial charge in [-0.05, 0) is 55.3 Å². The summed E-state index contributed by atoms with van der Waals surface area (Å²) in [6, 6.07) is 14.5. The minimum atomic E-state index is -4.51. The molecule has 5 nitrogen and oxygen atoms in total. The van der Waals surface area contributed by atoms with E-state index in [0.29, 0.717) is 16.9 Å². The number of rotatable bonds is 4. The second-order valence-electron chi connectivity index (χ2n) is 6.69. The summed E-state index contributed by atoms with van der Waals surface area (Å²) in [5, 5.41) is 20.6. The highest BCUT2D eigenvalue weighted by molar-refractivity contribution is 5.90. The number of allylic oxidation sites excluding steroid dienone is 1. The highest BCUT2D eigenvalue weighted by Gasteiger charge is 2.30. The molecule has 1 heterocycles.